The Morgan fingerprint density at radius 3 is 2.50 bits per heavy atom. The maximum Gasteiger partial charge on any atom is 0.338 e. The number of sulfonamides is 1. The number of para-hydroxylation sites is 3. The van der Waals surface area contributed by atoms with Gasteiger partial charge in [0.25, 0.3) is 15.9 Å². The van der Waals surface area contributed by atoms with Crippen LogP contribution in [-0.4, -0.2) is 44.2 Å². The highest BCUT2D eigenvalue weighted by Gasteiger charge is 2.36. The molecule has 2 aromatic heterocycles. The molecule has 0 saturated heterocycles. The van der Waals surface area contributed by atoms with Crippen LogP contribution in [0.1, 0.15) is 46.8 Å². The standard InChI is InChI=1S/C39H32ClN3O8S/c1-2-48-35-14-6-4-12-32(35)42(24-26-16-18-29(40)19-17-26)52(46,47)30-11-7-10-28(21-30)39(45)50-25-38(44)43-33(36-15-8-20-49-36)23-31(41-43)37-22-27-9-3-5-13-34(27)51-37/h3-22,33H,2,23-25H2,1H3. The minimum Gasteiger partial charge on any atom is -0.492 e. The number of amides is 1. The number of anilines is 1. The summed E-state index contributed by atoms with van der Waals surface area (Å²) in [6, 6.07) is 31.4. The summed E-state index contributed by atoms with van der Waals surface area (Å²) in [4.78, 5) is 26.7. The smallest absolute Gasteiger partial charge is 0.338 e. The molecule has 0 radical (unpaired) electrons. The molecule has 3 heterocycles. The van der Waals surface area contributed by atoms with Gasteiger partial charge < -0.3 is 18.3 Å². The van der Waals surface area contributed by atoms with Crippen molar-refractivity contribution in [2.75, 3.05) is 17.5 Å². The normalized spacial score (nSPS) is 14.3. The molecule has 4 aromatic carbocycles. The van der Waals surface area contributed by atoms with Gasteiger partial charge in [0, 0.05) is 16.8 Å². The molecule has 6 aromatic rings. The lowest BCUT2D eigenvalue weighted by Gasteiger charge is -2.26. The molecule has 264 valence electrons. The first-order valence-corrected chi connectivity index (χ1v) is 18.2. The van der Waals surface area contributed by atoms with E-state index in [2.05, 4.69) is 5.10 Å². The van der Waals surface area contributed by atoms with Gasteiger partial charge in [-0.3, -0.25) is 9.10 Å². The third kappa shape index (κ3) is 7.16. The minimum absolute atomic E-state index is 0.0457. The number of furan rings is 2. The summed E-state index contributed by atoms with van der Waals surface area (Å²) in [5, 5.41) is 7.17. The van der Waals surface area contributed by atoms with Crippen LogP contribution in [0.4, 0.5) is 5.69 Å². The summed E-state index contributed by atoms with van der Waals surface area (Å²) in [7, 11) is -4.28. The van der Waals surface area contributed by atoms with Gasteiger partial charge in [0.2, 0.25) is 0 Å². The number of hydrazone groups is 1. The van der Waals surface area contributed by atoms with E-state index in [0.717, 1.165) is 5.39 Å². The van der Waals surface area contributed by atoms with Gasteiger partial charge in [0.1, 0.15) is 28.8 Å². The highest BCUT2D eigenvalue weighted by atomic mass is 35.5. The van der Waals surface area contributed by atoms with Crippen molar-refractivity contribution in [3.05, 3.63) is 149 Å². The molecule has 0 aliphatic carbocycles. The van der Waals surface area contributed by atoms with E-state index in [9.17, 15) is 18.0 Å². The molecule has 7 rings (SSSR count). The van der Waals surface area contributed by atoms with Crippen LogP contribution in [0.5, 0.6) is 5.75 Å². The first-order chi connectivity index (χ1) is 25.2. The summed E-state index contributed by atoms with van der Waals surface area (Å²) in [5.74, 6) is -0.109. The average molecular weight is 738 g/mol. The zero-order valence-corrected chi connectivity index (χ0v) is 29.4. The Labute approximate surface area is 304 Å². The zero-order valence-electron chi connectivity index (χ0n) is 27.8. The molecule has 1 aliphatic heterocycles. The van der Waals surface area contributed by atoms with E-state index < -0.39 is 34.5 Å². The fourth-order valence-corrected chi connectivity index (χ4v) is 7.53. The van der Waals surface area contributed by atoms with Crippen LogP contribution in [0, 0.1) is 0 Å². The van der Waals surface area contributed by atoms with Crippen LogP contribution in [-0.2, 0) is 26.1 Å². The molecule has 1 aliphatic rings. The van der Waals surface area contributed by atoms with E-state index in [4.69, 9.17) is 29.9 Å². The lowest BCUT2D eigenvalue weighted by atomic mass is 10.1. The molecule has 0 N–H and O–H groups in total. The van der Waals surface area contributed by atoms with E-state index >= 15 is 0 Å². The largest absolute Gasteiger partial charge is 0.492 e. The molecule has 0 saturated carbocycles. The number of carbonyl (C=O) groups excluding carboxylic acids is 2. The Bertz CT molecular complexity index is 2340. The zero-order chi connectivity index (χ0) is 36.2. The van der Waals surface area contributed by atoms with Crippen molar-refractivity contribution in [1.29, 1.82) is 0 Å². The summed E-state index contributed by atoms with van der Waals surface area (Å²) in [6.45, 7) is 1.42. The topological polar surface area (TPSA) is 132 Å². The van der Waals surface area contributed by atoms with Crippen LogP contribution in [0.15, 0.2) is 140 Å². The van der Waals surface area contributed by atoms with Gasteiger partial charge in [0.05, 0.1) is 35.6 Å². The number of rotatable bonds is 12. The van der Waals surface area contributed by atoms with Crippen molar-refractivity contribution in [3.8, 4) is 5.75 Å². The molecule has 1 amide bonds. The summed E-state index contributed by atoms with van der Waals surface area (Å²) >= 11 is 6.09. The number of esters is 1. The van der Waals surface area contributed by atoms with Crippen molar-refractivity contribution in [3.63, 3.8) is 0 Å². The number of benzene rings is 4. The fraction of sp³-hybridized carbons (Fsp3) is 0.154. The lowest BCUT2D eigenvalue weighted by Crippen LogP contribution is -2.32. The van der Waals surface area contributed by atoms with Gasteiger partial charge >= 0.3 is 5.97 Å². The van der Waals surface area contributed by atoms with E-state index in [1.807, 2.05) is 37.3 Å². The number of carbonyl (C=O) groups is 2. The molecular formula is C39H32ClN3O8S. The van der Waals surface area contributed by atoms with Crippen LogP contribution < -0.4 is 9.04 Å². The van der Waals surface area contributed by atoms with Gasteiger partial charge in [-0.1, -0.05) is 60.1 Å². The first kappa shape index (κ1) is 34.6. The predicted molar refractivity (Wildman–Crippen MR) is 195 cm³/mol. The van der Waals surface area contributed by atoms with Gasteiger partial charge in [-0.05, 0) is 79.2 Å². The Morgan fingerprint density at radius 2 is 1.73 bits per heavy atom. The molecule has 0 fully saturated rings. The molecule has 52 heavy (non-hydrogen) atoms. The first-order valence-electron chi connectivity index (χ1n) is 16.4. The number of hydrogen-bond acceptors (Lipinski definition) is 9. The number of halogens is 1. The number of ether oxygens (including phenoxy) is 2. The number of fused-ring (bicyclic) bond motifs is 1. The van der Waals surface area contributed by atoms with Crippen molar-refractivity contribution in [2.24, 2.45) is 5.10 Å². The van der Waals surface area contributed by atoms with Crippen LogP contribution >= 0.6 is 11.6 Å². The van der Waals surface area contributed by atoms with E-state index in [-0.39, 0.29) is 17.0 Å². The molecule has 11 nitrogen and oxygen atoms in total. The van der Waals surface area contributed by atoms with Crippen LogP contribution in [0.25, 0.3) is 11.0 Å². The van der Waals surface area contributed by atoms with E-state index in [1.54, 1.807) is 60.7 Å². The van der Waals surface area contributed by atoms with Gasteiger partial charge in [0.15, 0.2) is 12.4 Å². The molecule has 1 atom stereocenters. The monoisotopic (exact) mass is 737 g/mol. The van der Waals surface area contributed by atoms with Gasteiger partial charge in [-0.2, -0.15) is 5.10 Å². The Hall–Kier alpha value is -5.85. The van der Waals surface area contributed by atoms with Crippen LogP contribution in [0.2, 0.25) is 5.02 Å². The highest BCUT2D eigenvalue weighted by Crippen LogP contribution is 2.36. The maximum atomic E-state index is 14.3. The molecular weight excluding hydrogens is 706 g/mol. The Balaban J connectivity index is 1.12. The van der Waals surface area contributed by atoms with Crippen molar-refractivity contribution in [2.45, 2.75) is 30.8 Å². The number of hydrogen-bond donors (Lipinski definition) is 0. The summed E-state index contributed by atoms with van der Waals surface area (Å²) in [5.41, 5.74) is 2.15. The van der Waals surface area contributed by atoms with E-state index in [1.165, 1.54) is 39.8 Å². The third-order valence-electron chi connectivity index (χ3n) is 8.41. The second kappa shape index (κ2) is 14.8. The molecule has 0 bridgehead atoms. The fourth-order valence-electron chi connectivity index (χ4n) is 5.90. The molecule has 13 heteroatoms. The van der Waals surface area contributed by atoms with E-state index in [0.29, 0.717) is 57.9 Å². The second-order valence-corrected chi connectivity index (χ2v) is 14.1. The minimum atomic E-state index is -4.28. The van der Waals surface area contributed by atoms with Crippen molar-refractivity contribution < 1.29 is 36.3 Å². The van der Waals surface area contributed by atoms with Gasteiger partial charge in [-0.25, -0.2) is 18.2 Å². The Kier molecular flexibility index (Phi) is 9.84. The second-order valence-electron chi connectivity index (χ2n) is 11.8. The SMILES string of the molecule is CCOc1ccccc1N(Cc1ccc(Cl)cc1)S(=O)(=O)c1cccc(C(=O)OCC(=O)N2N=C(c3cc4ccccc4o3)CC2c2ccco2)c1. The molecule has 0 spiro atoms. The quantitative estimate of drug-likeness (QED) is 0.115. The highest BCUT2D eigenvalue weighted by molar-refractivity contribution is 7.92. The van der Waals surface area contributed by atoms with Crippen molar-refractivity contribution in [1.82, 2.24) is 5.01 Å². The number of nitrogens with zero attached hydrogens (tertiary/aromatic N) is 3. The van der Waals surface area contributed by atoms with Crippen molar-refractivity contribution >= 4 is 55.9 Å². The maximum absolute atomic E-state index is 14.3. The average Bonchev–Trinajstić information content (AvgIpc) is 3.94. The third-order valence-corrected chi connectivity index (χ3v) is 10.4. The summed E-state index contributed by atoms with van der Waals surface area (Å²) < 4.78 is 52.7. The lowest BCUT2D eigenvalue weighted by molar-refractivity contribution is -0.136. The van der Waals surface area contributed by atoms with Gasteiger partial charge in [-0.15, -0.1) is 0 Å². The molecule has 1 unspecified atom stereocenters. The van der Waals surface area contributed by atoms with Crippen LogP contribution in [0.3, 0.4) is 0 Å². The predicted octanol–water partition coefficient (Wildman–Crippen LogP) is 8.01. The Morgan fingerprint density at radius 1 is 0.942 bits per heavy atom. The summed E-state index contributed by atoms with van der Waals surface area (Å²) in [6.07, 6.45) is 1.82.